The highest BCUT2D eigenvalue weighted by Gasteiger charge is 2.24. The van der Waals surface area contributed by atoms with Crippen LogP contribution in [0.25, 0.3) is 0 Å². The number of benzene rings is 1. The van der Waals surface area contributed by atoms with Crippen molar-refractivity contribution in [2.45, 2.75) is 26.0 Å². The van der Waals surface area contributed by atoms with Crippen molar-refractivity contribution < 1.29 is 9.84 Å². The predicted octanol–water partition coefficient (Wildman–Crippen LogP) is 3.48. The number of thiophene rings is 1. The molecule has 0 radical (unpaired) electrons. The van der Waals surface area contributed by atoms with Crippen molar-refractivity contribution in [3.63, 3.8) is 0 Å². The van der Waals surface area contributed by atoms with Crippen molar-refractivity contribution in [1.82, 2.24) is 10.6 Å². The summed E-state index contributed by atoms with van der Waals surface area (Å²) in [5.74, 6) is 1.45. The summed E-state index contributed by atoms with van der Waals surface area (Å²) in [6, 6.07) is 9.72. The van der Waals surface area contributed by atoms with Gasteiger partial charge in [0.15, 0.2) is 5.96 Å². The van der Waals surface area contributed by atoms with E-state index in [0.29, 0.717) is 19.0 Å². The van der Waals surface area contributed by atoms with Crippen LogP contribution in [0.2, 0.25) is 0 Å². The van der Waals surface area contributed by atoms with Crippen LogP contribution in [0.3, 0.4) is 0 Å². The Morgan fingerprint density at radius 1 is 1.36 bits per heavy atom. The number of nitrogens with one attached hydrogen (secondary N) is 2. The van der Waals surface area contributed by atoms with Crippen molar-refractivity contribution in [2.75, 3.05) is 20.2 Å². The lowest BCUT2D eigenvalue weighted by molar-refractivity contribution is 0.0655. The average Bonchev–Trinajstić information content (AvgIpc) is 3.13. The number of ether oxygens (including phenoxy) is 1. The Morgan fingerprint density at radius 2 is 2.16 bits per heavy atom. The van der Waals surface area contributed by atoms with Gasteiger partial charge in [-0.3, -0.25) is 0 Å². The van der Waals surface area contributed by atoms with E-state index in [2.05, 4.69) is 31.6 Å². The molecule has 0 aliphatic carbocycles. The molecule has 0 fully saturated rings. The molecule has 0 aliphatic heterocycles. The minimum absolute atomic E-state index is 0.370. The summed E-state index contributed by atoms with van der Waals surface area (Å²) in [5.41, 5.74) is 0.0387. The molecule has 0 spiro atoms. The van der Waals surface area contributed by atoms with Gasteiger partial charge in [0.25, 0.3) is 0 Å². The third kappa shape index (κ3) is 5.73. The second kappa shape index (κ2) is 9.22. The van der Waals surface area contributed by atoms with Gasteiger partial charge >= 0.3 is 0 Å². The highest BCUT2D eigenvalue weighted by atomic mass is 79.9. The zero-order valence-electron chi connectivity index (χ0n) is 14.7. The molecule has 1 aromatic carbocycles. The van der Waals surface area contributed by atoms with E-state index in [1.54, 1.807) is 14.0 Å². The van der Waals surface area contributed by atoms with E-state index in [9.17, 15) is 5.11 Å². The first kappa shape index (κ1) is 19.8. The Hall–Kier alpha value is -1.57. The van der Waals surface area contributed by atoms with E-state index >= 15 is 0 Å². The second-order valence-electron chi connectivity index (χ2n) is 5.76. The summed E-state index contributed by atoms with van der Waals surface area (Å²) >= 11 is 5.01. The van der Waals surface area contributed by atoms with Crippen LogP contribution in [0.4, 0.5) is 0 Å². The molecule has 25 heavy (non-hydrogen) atoms. The van der Waals surface area contributed by atoms with Gasteiger partial charge in [0, 0.05) is 21.5 Å². The molecule has 0 bridgehead atoms. The molecule has 1 aromatic heterocycles. The lowest BCUT2D eigenvalue weighted by Gasteiger charge is -2.23. The van der Waals surface area contributed by atoms with Crippen molar-refractivity contribution in [3.8, 4) is 5.75 Å². The standard InChI is InChI=1S/C18H24BrN3O2S/c1-4-20-17(22-12-18(2,23)16-6-5-9-25-16)21-11-13-10-14(19)7-8-15(13)24-3/h5-10,23H,4,11-12H2,1-3H3,(H2,20,21,22). The number of guanidine groups is 1. The minimum atomic E-state index is -0.947. The number of hydrogen-bond acceptors (Lipinski definition) is 4. The quantitative estimate of drug-likeness (QED) is 0.469. The van der Waals surface area contributed by atoms with Crippen LogP contribution >= 0.6 is 27.3 Å². The molecule has 136 valence electrons. The van der Waals surface area contributed by atoms with E-state index in [4.69, 9.17) is 4.74 Å². The van der Waals surface area contributed by atoms with Crippen LogP contribution in [0.1, 0.15) is 24.3 Å². The third-order valence-electron chi connectivity index (χ3n) is 3.65. The van der Waals surface area contributed by atoms with Crippen LogP contribution < -0.4 is 15.4 Å². The lowest BCUT2D eigenvalue weighted by atomic mass is 10.1. The molecule has 0 aliphatic rings. The summed E-state index contributed by atoms with van der Waals surface area (Å²) < 4.78 is 6.37. The van der Waals surface area contributed by atoms with Gasteiger partial charge in [0.2, 0.25) is 0 Å². The van der Waals surface area contributed by atoms with Crippen molar-refractivity contribution in [2.24, 2.45) is 4.99 Å². The Kier molecular flexibility index (Phi) is 7.28. The SMILES string of the molecule is CCNC(=NCc1cc(Br)ccc1OC)NCC(C)(O)c1cccs1. The molecular weight excluding hydrogens is 402 g/mol. The number of hydrogen-bond donors (Lipinski definition) is 3. The van der Waals surface area contributed by atoms with Crippen molar-refractivity contribution in [1.29, 1.82) is 0 Å². The van der Waals surface area contributed by atoms with Crippen molar-refractivity contribution in [3.05, 3.63) is 50.6 Å². The maximum Gasteiger partial charge on any atom is 0.191 e. The summed E-state index contributed by atoms with van der Waals surface area (Å²) in [6.07, 6.45) is 0. The summed E-state index contributed by atoms with van der Waals surface area (Å²) in [7, 11) is 1.65. The van der Waals surface area contributed by atoms with E-state index in [0.717, 1.165) is 27.2 Å². The number of aliphatic hydroxyl groups is 1. The number of rotatable bonds is 7. The molecule has 1 heterocycles. The van der Waals surface area contributed by atoms with Crippen molar-refractivity contribution >= 4 is 33.2 Å². The fourth-order valence-corrected chi connectivity index (χ4v) is 3.50. The van der Waals surface area contributed by atoms with Gasteiger partial charge in [-0.25, -0.2) is 4.99 Å². The van der Waals surface area contributed by atoms with Gasteiger partial charge < -0.3 is 20.5 Å². The van der Waals surface area contributed by atoms with Gasteiger partial charge in [-0.1, -0.05) is 22.0 Å². The van der Waals surface area contributed by atoms with Crippen LogP contribution in [0, 0.1) is 0 Å². The first-order valence-electron chi connectivity index (χ1n) is 8.07. The number of nitrogens with zero attached hydrogens (tertiary/aromatic N) is 1. The topological polar surface area (TPSA) is 65.9 Å². The molecule has 0 amide bonds. The number of methoxy groups -OCH3 is 1. The lowest BCUT2D eigenvalue weighted by Crippen LogP contribution is -2.44. The van der Waals surface area contributed by atoms with Crippen LogP contribution in [-0.4, -0.2) is 31.3 Å². The molecule has 2 rings (SSSR count). The molecule has 1 atom stereocenters. The minimum Gasteiger partial charge on any atom is -0.496 e. The second-order valence-corrected chi connectivity index (χ2v) is 7.62. The first-order chi connectivity index (χ1) is 12.0. The Labute approximate surface area is 161 Å². The van der Waals surface area contributed by atoms with Crippen LogP contribution in [0.5, 0.6) is 5.75 Å². The summed E-state index contributed by atoms with van der Waals surface area (Å²) in [6.45, 7) is 5.39. The molecule has 7 heteroatoms. The summed E-state index contributed by atoms with van der Waals surface area (Å²) in [4.78, 5) is 5.52. The molecule has 2 aromatic rings. The Balaban J connectivity index is 2.07. The third-order valence-corrected chi connectivity index (χ3v) is 5.26. The number of aliphatic imine (C=N–C) groups is 1. The Bertz CT molecular complexity index is 702. The average molecular weight is 426 g/mol. The van der Waals surface area contributed by atoms with Gasteiger partial charge in [-0.15, -0.1) is 11.3 Å². The van der Waals surface area contributed by atoms with E-state index in [1.807, 2.05) is 42.6 Å². The fraction of sp³-hybridized carbons (Fsp3) is 0.389. The molecular formula is C18H24BrN3O2S. The summed E-state index contributed by atoms with van der Waals surface area (Å²) in [5, 5.41) is 19.0. The highest BCUT2D eigenvalue weighted by molar-refractivity contribution is 9.10. The van der Waals surface area contributed by atoms with Gasteiger partial charge in [-0.05, 0) is 43.5 Å². The molecule has 3 N–H and O–H groups in total. The smallest absolute Gasteiger partial charge is 0.191 e. The zero-order chi connectivity index (χ0) is 18.3. The molecule has 1 unspecified atom stereocenters. The zero-order valence-corrected chi connectivity index (χ0v) is 17.1. The maximum absolute atomic E-state index is 10.6. The predicted molar refractivity (Wildman–Crippen MR) is 107 cm³/mol. The molecule has 0 saturated heterocycles. The van der Waals surface area contributed by atoms with E-state index < -0.39 is 5.60 Å². The van der Waals surface area contributed by atoms with Gasteiger partial charge in [-0.2, -0.15) is 0 Å². The van der Waals surface area contributed by atoms with Crippen LogP contribution in [-0.2, 0) is 12.1 Å². The highest BCUT2D eigenvalue weighted by Crippen LogP contribution is 2.25. The van der Waals surface area contributed by atoms with E-state index in [1.165, 1.54) is 11.3 Å². The van der Waals surface area contributed by atoms with Gasteiger partial charge in [0.1, 0.15) is 11.4 Å². The molecule has 0 saturated carbocycles. The normalized spacial score (nSPS) is 14.0. The largest absolute Gasteiger partial charge is 0.496 e. The Morgan fingerprint density at radius 3 is 2.80 bits per heavy atom. The first-order valence-corrected chi connectivity index (χ1v) is 9.74. The molecule has 5 nitrogen and oxygen atoms in total. The fourth-order valence-electron chi connectivity index (χ4n) is 2.30. The van der Waals surface area contributed by atoms with E-state index in [-0.39, 0.29) is 0 Å². The maximum atomic E-state index is 10.6. The monoisotopic (exact) mass is 425 g/mol. The van der Waals surface area contributed by atoms with Gasteiger partial charge in [0.05, 0.1) is 20.2 Å². The number of halogens is 1. The van der Waals surface area contributed by atoms with Crippen LogP contribution in [0.15, 0.2) is 45.2 Å².